The lowest BCUT2D eigenvalue weighted by Crippen LogP contribution is -2.36. The number of fused-ring (bicyclic) bond motifs is 1. The van der Waals surface area contributed by atoms with Crippen LogP contribution in [0.2, 0.25) is 0 Å². The molecule has 6 heteroatoms. The van der Waals surface area contributed by atoms with Crippen LogP contribution in [0.5, 0.6) is 0 Å². The quantitative estimate of drug-likeness (QED) is 0.416. The van der Waals surface area contributed by atoms with E-state index in [4.69, 9.17) is 4.99 Å². The highest BCUT2D eigenvalue weighted by atomic mass is 32.2. The zero-order valence-electron chi connectivity index (χ0n) is 15.8. The molecule has 2 saturated carbocycles. The first-order valence-electron chi connectivity index (χ1n) is 10.5. The zero-order valence-corrected chi connectivity index (χ0v) is 17.4. The monoisotopic (exact) mass is 392 g/mol. The van der Waals surface area contributed by atoms with Gasteiger partial charge in [-0.15, -0.1) is 0 Å². The van der Waals surface area contributed by atoms with Crippen molar-refractivity contribution in [1.29, 1.82) is 0 Å². The van der Waals surface area contributed by atoms with Crippen molar-refractivity contribution in [2.24, 2.45) is 9.98 Å². The Morgan fingerprint density at radius 3 is 2.65 bits per heavy atom. The van der Waals surface area contributed by atoms with E-state index in [1.54, 1.807) is 11.8 Å². The lowest BCUT2D eigenvalue weighted by Gasteiger charge is -2.25. The van der Waals surface area contributed by atoms with Gasteiger partial charge >= 0.3 is 0 Å². The van der Waals surface area contributed by atoms with Gasteiger partial charge in [0, 0.05) is 24.0 Å². The predicted octanol–water partition coefficient (Wildman–Crippen LogP) is 4.98. The largest absolute Gasteiger partial charge is 0.362 e. The van der Waals surface area contributed by atoms with Crippen LogP contribution in [0, 0.1) is 0 Å². The Hall–Kier alpha value is -0.620. The van der Waals surface area contributed by atoms with Crippen molar-refractivity contribution in [3.8, 4) is 0 Å². The van der Waals surface area contributed by atoms with Gasteiger partial charge in [0.05, 0.1) is 12.6 Å². The number of nitrogens with zero attached hydrogens (tertiary/aromatic N) is 3. The van der Waals surface area contributed by atoms with Crippen LogP contribution in [0.15, 0.2) is 21.1 Å². The molecule has 2 aliphatic heterocycles. The van der Waals surface area contributed by atoms with E-state index in [-0.39, 0.29) is 0 Å². The van der Waals surface area contributed by atoms with Crippen molar-refractivity contribution >= 4 is 33.9 Å². The first-order chi connectivity index (χ1) is 12.9. The first kappa shape index (κ1) is 18.7. The lowest BCUT2D eigenvalue weighted by atomic mass is 9.96. The highest BCUT2D eigenvalue weighted by Gasteiger charge is 2.26. The summed E-state index contributed by atoms with van der Waals surface area (Å²) in [5.41, 5.74) is 1.41. The molecule has 0 unspecified atom stereocenters. The zero-order chi connectivity index (χ0) is 17.6. The second-order valence-electron chi connectivity index (χ2n) is 7.89. The predicted molar refractivity (Wildman–Crippen MR) is 116 cm³/mol. The molecule has 0 aromatic carbocycles. The number of aliphatic imine (C=N–C) groups is 2. The van der Waals surface area contributed by atoms with Crippen LogP contribution >= 0.6 is 23.5 Å². The molecule has 4 aliphatic rings. The average Bonchev–Trinajstić information content (AvgIpc) is 3.18. The maximum absolute atomic E-state index is 5.22. The van der Waals surface area contributed by atoms with Crippen molar-refractivity contribution in [1.82, 2.24) is 10.2 Å². The molecule has 0 spiro atoms. The third kappa shape index (κ3) is 5.00. The van der Waals surface area contributed by atoms with Crippen LogP contribution in [0.4, 0.5) is 0 Å². The molecule has 26 heavy (non-hydrogen) atoms. The molecule has 0 amide bonds. The highest BCUT2D eigenvalue weighted by molar-refractivity contribution is 8.17. The topological polar surface area (TPSA) is 40.0 Å². The van der Waals surface area contributed by atoms with Gasteiger partial charge in [-0.1, -0.05) is 68.5 Å². The summed E-state index contributed by atoms with van der Waals surface area (Å²) in [4.78, 5) is 12.2. The van der Waals surface area contributed by atoms with E-state index in [1.807, 2.05) is 11.8 Å². The van der Waals surface area contributed by atoms with Gasteiger partial charge in [-0.05, 0) is 31.1 Å². The van der Waals surface area contributed by atoms with Gasteiger partial charge in [0.25, 0.3) is 0 Å². The molecule has 0 aromatic heterocycles. The third-order valence-electron chi connectivity index (χ3n) is 5.86. The number of hydrogen-bond acceptors (Lipinski definition) is 5. The maximum atomic E-state index is 5.22. The van der Waals surface area contributed by atoms with Gasteiger partial charge in [-0.2, -0.15) is 0 Å². The van der Waals surface area contributed by atoms with E-state index in [2.05, 4.69) is 20.6 Å². The van der Waals surface area contributed by atoms with Crippen LogP contribution in [0.1, 0.15) is 70.6 Å². The van der Waals surface area contributed by atoms with Gasteiger partial charge in [-0.25, -0.2) is 0 Å². The maximum Gasteiger partial charge on any atom is 0.167 e. The van der Waals surface area contributed by atoms with E-state index < -0.39 is 0 Å². The second kappa shape index (κ2) is 9.54. The molecule has 4 rings (SSSR count). The van der Waals surface area contributed by atoms with Crippen LogP contribution in [0.25, 0.3) is 0 Å². The molecular formula is C20H32N4S2. The van der Waals surface area contributed by atoms with Crippen molar-refractivity contribution in [2.75, 3.05) is 18.8 Å². The Bertz CT molecular complexity index is 558. The Morgan fingerprint density at radius 1 is 1.12 bits per heavy atom. The molecule has 2 aliphatic carbocycles. The van der Waals surface area contributed by atoms with E-state index in [0.29, 0.717) is 12.1 Å². The standard InChI is InChI=1S/C20H32N4S2/c1-2-5-9-16(8-4-1)22-19(23-17-10-6-3-7-11-17)25-14-18-15-26-20-21-12-13-24(18)20/h15-17H,1-14H2,(H,22,23). The normalized spacial score (nSPS) is 25.7. The van der Waals surface area contributed by atoms with Gasteiger partial charge in [-0.3, -0.25) is 9.98 Å². The summed E-state index contributed by atoms with van der Waals surface area (Å²) in [6.07, 6.45) is 14.8. The average molecular weight is 393 g/mol. The lowest BCUT2D eigenvalue weighted by molar-refractivity contribution is 0.414. The Balaban J connectivity index is 1.38. The van der Waals surface area contributed by atoms with Crippen molar-refractivity contribution < 1.29 is 0 Å². The summed E-state index contributed by atoms with van der Waals surface area (Å²) in [5, 5.41) is 8.53. The van der Waals surface area contributed by atoms with E-state index >= 15 is 0 Å². The molecular weight excluding hydrogens is 360 g/mol. The summed E-state index contributed by atoms with van der Waals surface area (Å²) >= 11 is 3.71. The molecule has 1 N–H and O–H groups in total. The van der Waals surface area contributed by atoms with Crippen LogP contribution in [-0.4, -0.2) is 46.2 Å². The van der Waals surface area contributed by atoms with Gasteiger partial charge in [0.15, 0.2) is 10.3 Å². The Labute approximate surface area is 166 Å². The van der Waals surface area contributed by atoms with Gasteiger partial charge < -0.3 is 10.2 Å². The van der Waals surface area contributed by atoms with Crippen LogP contribution < -0.4 is 5.32 Å². The minimum absolute atomic E-state index is 0.534. The summed E-state index contributed by atoms with van der Waals surface area (Å²) < 4.78 is 0. The molecule has 0 aromatic rings. The van der Waals surface area contributed by atoms with Crippen LogP contribution in [0.3, 0.4) is 0 Å². The van der Waals surface area contributed by atoms with Crippen LogP contribution in [-0.2, 0) is 0 Å². The summed E-state index contributed by atoms with van der Waals surface area (Å²) in [6, 6.07) is 1.17. The summed E-state index contributed by atoms with van der Waals surface area (Å²) in [6.45, 7) is 2.01. The van der Waals surface area contributed by atoms with Crippen molar-refractivity contribution in [3.05, 3.63) is 11.1 Å². The molecule has 0 radical (unpaired) electrons. The van der Waals surface area contributed by atoms with Gasteiger partial charge in [0.1, 0.15) is 0 Å². The SMILES string of the molecule is C1=C(CSC(=NC2CCCCCC2)NC2CCCCC2)N2CCN=C2S1. The molecule has 0 saturated heterocycles. The fourth-order valence-corrected chi connectivity index (χ4v) is 6.38. The minimum atomic E-state index is 0.534. The summed E-state index contributed by atoms with van der Waals surface area (Å²) in [5.74, 6) is 1.01. The molecule has 0 bridgehead atoms. The minimum Gasteiger partial charge on any atom is -0.362 e. The van der Waals surface area contributed by atoms with Crippen molar-refractivity contribution in [3.63, 3.8) is 0 Å². The highest BCUT2D eigenvalue weighted by Crippen LogP contribution is 2.31. The Kier molecular flexibility index (Phi) is 6.87. The molecule has 2 fully saturated rings. The van der Waals surface area contributed by atoms with E-state index in [1.165, 1.54) is 86.7 Å². The molecule has 0 atom stereocenters. The fraction of sp³-hybridized carbons (Fsp3) is 0.800. The molecule has 4 nitrogen and oxygen atoms in total. The van der Waals surface area contributed by atoms with E-state index in [0.717, 1.165) is 18.8 Å². The number of nitrogens with one attached hydrogen (secondary N) is 1. The number of rotatable bonds is 4. The Morgan fingerprint density at radius 2 is 1.85 bits per heavy atom. The first-order valence-corrected chi connectivity index (χ1v) is 12.4. The van der Waals surface area contributed by atoms with Gasteiger partial charge in [0.2, 0.25) is 0 Å². The smallest absolute Gasteiger partial charge is 0.167 e. The molecule has 2 heterocycles. The molecule has 144 valence electrons. The summed E-state index contributed by atoms with van der Waals surface area (Å²) in [7, 11) is 0. The fourth-order valence-electron chi connectivity index (χ4n) is 4.32. The number of thioether (sulfide) groups is 2. The second-order valence-corrected chi connectivity index (χ2v) is 9.69. The third-order valence-corrected chi connectivity index (χ3v) is 7.75. The van der Waals surface area contributed by atoms with Crippen molar-refractivity contribution in [2.45, 2.75) is 82.7 Å². The number of hydrogen-bond donors (Lipinski definition) is 1. The number of amidine groups is 2. The van der Waals surface area contributed by atoms with E-state index in [9.17, 15) is 0 Å².